The summed E-state index contributed by atoms with van der Waals surface area (Å²) >= 11 is 0. The monoisotopic (exact) mass is 252 g/mol. The minimum atomic E-state index is -1.35. The Balaban J connectivity index is 3.34. The lowest BCUT2D eigenvalue weighted by atomic mass is 10.1. The molecule has 0 spiro atoms. The van der Waals surface area contributed by atoms with E-state index in [4.69, 9.17) is 10.00 Å². The molecule has 1 rings (SSSR count). The molecule has 8 heteroatoms. The van der Waals surface area contributed by atoms with E-state index in [9.17, 15) is 14.9 Å². The topological polar surface area (TPSA) is 111 Å². The number of nitrogens with zero attached hydrogens (tertiary/aromatic N) is 4. The van der Waals surface area contributed by atoms with Crippen molar-refractivity contribution in [2.75, 3.05) is 6.61 Å². The van der Waals surface area contributed by atoms with E-state index in [2.05, 4.69) is 5.10 Å². The molecule has 0 amide bonds. The molecule has 0 fully saturated rings. The van der Waals surface area contributed by atoms with Crippen molar-refractivity contribution in [3.05, 3.63) is 21.5 Å². The zero-order valence-electron chi connectivity index (χ0n) is 10.2. The maximum absolute atomic E-state index is 11.6. The summed E-state index contributed by atoms with van der Waals surface area (Å²) < 4.78 is 5.89. The first-order chi connectivity index (χ1) is 8.43. The Hall–Kier alpha value is -2.43. The van der Waals surface area contributed by atoms with Crippen molar-refractivity contribution < 1.29 is 14.5 Å². The van der Waals surface area contributed by atoms with Crippen LogP contribution in [0.3, 0.4) is 0 Å². The van der Waals surface area contributed by atoms with Crippen molar-refractivity contribution in [3.8, 4) is 6.07 Å². The van der Waals surface area contributed by atoms with Crippen molar-refractivity contribution in [2.45, 2.75) is 19.8 Å². The molecule has 0 saturated carbocycles. The van der Waals surface area contributed by atoms with Crippen molar-refractivity contribution in [2.24, 2.45) is 7.05 Å². The molecule has 0 aliphatic carbocycles. The van der Waals surface area contributed by atoms with E-state index < -0.39 is 16.8 Å². The van der Waals surface area contributed by atoms with Crippen LogP contribution in [0.5, 0.6) is 0 Å². The van der Waals surface area contributed by atoms with Gasteiger partial charge < -0.3 is 4.74 Å². The fraction of sp³-hybridized carbons (Fsp3) is 0.500. The average molecular weight is 252 g/mol. The van der Waals surface area contributed by atoms with Gasteiger partial charge in [0.15, 0.2) is 5.92 Å². The van der Waals surface area contributed by atoms with E-state index in [1.165, 1.54) is 14.0 Å². The van der Waals surface area contributed by atoms with Crippen LogP contribution in [0.4, 0.5) is 5.69 Å². The molecule has 1 atom stereocenters. The van der Waals surface area contributed by atoms with Crippen molar-refractivity contribution >= 4 is 11.7 Å². The highest BCUT2D eigenvalue weighted by molar-refractivity contribution is 5.82. The Morgan fingerprint density at radius 1 is 1.72 bits per heavy atom. The highest BCUT2D eigenvalue weighted by Crippen LogP contribution is 2.29. The zero-order chi connectivity index (χ0) is 13.9. The third-order valence-electron chi connectivity index (χ3n) is 2.34. The average Bonchev–Trinajstić information content (AvgIpc) is 2.56. The van der Waals surface area contributed by atoms with Gasteiger partial charge in [-0.15, -0.1) is 0 Å². The lowest BCUT2D eigenvalue weighted by Crippen LogP contribution is -2.18. The Morgan fingerprint density at radius 2 is 2.33 bits per heavy atom. The molecule has 0 N–H and O–H groups in total. The highest BCUT2D eigenvalue weighted by Gasteiger charge is 2.35. The Labute approximate surface area is 103 Å². The van der Waals surface area contributed by atoms with Crippen LogP contribution in [-0.2, 0) is 16.6 Å². The Kier molecular flexibility index (Phi) is 3.99. The quantitative estimate of drug-likeness (QED) is 0.445. The minimum Gasteiger partial charge on any atom is -0.465 e. The maximum Gasteiger partial charge on any atom is 0.329 e. The lowest BCUT2D eigenvalue weighted by Gasteiger charge is -2.08. The number of aromatic nitrogens is 2. The number of nitriles is 1. The molecule has 1 unspecified atom stereocenters. The summed E-state index contributed by atoms with van der Waals surface area (Å²) in [6.07, 6.45) is 0. The third kappa shape index (κ3) is 2.29. The van der Waals surface area contributed by atoms with Crippen LogP contribution in [0.25, 0.3) is 0 Å². The molecule has 0 aliphatic heterocycles. The van der Waals surface area contributed by atoms with Gasteiger partial charge in [0.05, 0.1) is 17.6 Å². The van der Waals surface area contributed by atoms with E-state index in [0.29, 0.717) is 0 Å². The normalized spacial score (nSPS) is 11.7. The number of hydrogen-bond donors (Lipinski definition) is 0. The van der Waals surface area contributed by atoms with Crippen LogP contribution in [-0.4, -0.2) is 27.3 Å². The second-order valence-corrected chi connectivity index (χ2v) is 3.51. The van der Waals surface area contributed by atoms with Crippen molar-refractivity contribution in [1.29, 1.82) is 5.26 Å². The number of esters is 1. The first kappa shape index (κ1) is 13.6. The molecule has 0 aromatic carbocycles. The van der Waals surface area contributed by atoms with E-state index in [1.54, 1.807) is 13.0 Å². The van der Waals surface area contributed by atoms with Gasteiger partial charge in [-0.3, -0.25) is 19.6 Å². The zero-order valence-corrected chi connectivity index (χ0v) is 10.2. The number of aryl methyl sites for hydroxylation is 2. The standard InChI is InChI=1S/C10H12N4O4/c1-4-18-10(15)7(5-11)9-8(14(16)17)6(2)12-13(9)3/h7H,4H2,1-3H3. The molecule has 1 heterocycles. The number of nitro groups is 1. The molecule has 18 heavy (non-hydrogen) atoms. The van der Waals surface area contributed by atoms with Gasteiger partial charge in [0, 0.05) is 7.05 Å². The van der Waals surface area contributed by atoms with Gasteiger partial charge in [-0.05, 0) is 13.8 Å². The van der Waals surface area contributed by atoms with Crippen molar-refractivity contribution in [3.63, 3.8) is 0 Å². The van der Waals surface area contributed by atoms with E-state index >= 15 is 0 Å². The third-order valence-corrected chi connectivity index (χ3v) is 2.34. The Morgan fingerprint density at radius 3 is 2.78 bits per heavy atom. The molecule has 0 bridgehead atoms. The van der Waals surface area contributed by atoms with Crippen LogP contribution in [0.2, 0.25) is 0 Å². The van der Waals surface area contributed by atoms with Crippen LogP contribution < -0.4 is 0 Å². The summed E-state index contributed by atoms with van der Waals surface area (Å²) in [6.45, 7) is 3.14. The molecule has 0 radical (unpaired) electrons. The van der Waals surface area contributed by atoms with Gasteiger partial charge >= 0.3 is 11.7 Å². The second-order valence-electron chi connectivity index (χ2n) is 3.51. The summed E-state index contributed by atoms with van der Waals surface area (Å²) in [4.78, 5) is 21.9. The predicted octanol–water partition coefficient (Wildman–Crippen LogP) is 0.807. The second kappa shape index (κ2) is 5.27. The summed E-state index contributed by atoms with van der Waals surface area (Å²) in [7, 11) is 1.44. The molecule has 0 saturated heterocycles. The molecule has 1 aromatic rings. The van der Waals surface area contributed by atoms with Gasteiger partial charge in [-0.25, -0.2) is 0 Å². The van der Waals surface area contributed by atoms with Gasteiger partial charge in [0.2, 0.25) is 0 Å². The van der Waals surface area contributed by atoms with Gasteiger partial charge in [-0.1, -0.05) is 0 Å². The smallest absolute Gasteiger partial charge is 0.329 e. The highest BCUT2D eigenvalue weighted by atomic mass is 16.6. The van der Waals surface area contributed by atoms with Crippen LogP contribution in [0.15, 0.2) is 0 Å². The van der Waals surface area contributed by atoms with Crippen LogP contribution >= 0.6 is 0 Å². The van der Waals surface area contributed by atoms with Gasteiger partial charge in [-0.2, -0.15) is 10.4 Å². The fourth-order valence-corrected chi connectivity index (χ4v) is 1.67. The van der Waals surface area contributed by atoms with Gasteiger partial charge in [0.1, 0.15) is 11.4 Å². The first-order valence-corrected chi connectivity index (χ1v) is 5.18. The van der Waals surface area contributed by atoms with E-state index in [1.807, 2.05) is 0 Å². The largest absolute Gasteiger partial charge is 0.465 e. The number of carbonyl (C=O) groups is 1. The molecule has 0 aliphatic rings. The number of hydrogen-bond acceptors (Lipinski definition) is 6. The molecule has 96 valence electrons. The number of rotatable bonds is 4. The minimum absolute atomic E-state index is 0.0570. The summed E-state index contributed by atoms with van der Waals surface area (Å²) in [6, 6.07) is 1.71. The van der Waals surface area contributed by atoms with Crippen LogP contribution in [0, 0.1) is 28.4 Å². The SMILES string of the molecule is CCOC(=O)C(C#N)c1c([N+](=O)[O-])c(C)nn1C. The summed E-state index contributed by atoms with van der Waals surface area (Å²) in [5, 5.41) is 23.8. The Bertz CT molecular complexity index is 529. The van der Waals surface area contributed by atoms with Crippen molar-refractivity contribution in [1.82, 2.24) is 9.78 Å². The maximum atomic E-state index is 11.6. The van der Waals surface area contributed by atoms with E-state index in [-0.39, 0.29) is 23.7 Å². The first-order valence-electron chi connectivity index (χ1n) is 5.18. The molecular formula is C10H12N4O4. The number of ether oxygens (including phenoxy) is 1. The van der Waals surface area contributed by atoms with Crippen LogP contribution in [0.1, 0.15) is 24.2 Å². The molecular weight excluding hydrogens is 240 g/mol. The van der Waals surface area contributed by atoms with Gasteiger partial charge in [0.25, 0.3) is 0 Å². The number of carbonyl (C=O) groups excluding carboxylic acids is 1. The van der Waals surface area contributed by atoms with E-state index in [0.717, 1.165) is 4.68 Å². The predicted molar refractivity (Wildman–Crippen MR) is 59.6 cm³/mol. The summed E-state index contributed by atoms with van der Waals surface area (Å²) in [5.41, 5.74) is -0.224. The summed E-state index contributed by atoms with van der Waals surface area (Å²) in [5.74, 6) is -2.16. The lowest BCUT2D eigenvalue weighted by molar-refractivity contribution is -0.386. The molecule has 1 aromatic heterocycles. The molecule has 8 nitrogen and oxygen atoms in total. The fourth-order valence-electron chi connectivity index (χ4n) is 1.67.